The average Bonchev–Trinajstić information content (AvgIpc) is 3.43. The Morgan fingerprint density at radius 3 is 2.25 bits per heavy atom. The van der Waals surface area contributed by atoms with Crippen molar-refractivity contribution < 1.29 is 67.7 Å². The van der Waals surface area contributed by atoms with Gasteiger partial charge in [0, 0.05) is 58.5 Å². The van der Waals surface area contributed by atoms with E-state index < -0.39 is 77.8 Å². The number of methoxy groups -OCH3 is 3. The Hall–Kier alpha value is -3.41. The minimum atomic E-state index is -2.86. The molecule has 1 aliphatic carbocycles. The molecule has 15 atom stereocenters. The summed E-state index contributed by atoms with van der Waals surface area (Å²) in [5.74, 6) is -8.02. The molecule has 15 nitrogen and oxygen atoms in total. The Kier molecular flexibility index (Phi) is 22.9. The van der Waals surface area contributed by atoms with Crippen LogP contribution in [0.1, 0.15) is 126 Å². The van der Waals surface area contributed by atoms with Crippen molar-refractivity contribution in [3.8, 4) is 0 Å². The van der Waals surface area contributed by atoms with Crippen LogP contribution in [-0.2, 0) is 52.4 Å². The lowest BCUT2D eigenvalue weighted by Gasteiger charge is -2.40. The number of amides is 1. The largest absolute Gasteiger partial charge is 0.460 e. The van der Waals surface area contributed by atoms with Crippen LogP contribution < -0.4 is 0 Å². The molecule has 0 radical (unpaired) electrons. The number of cyclic esters (lactones) is 1. The Labute approximate surface area is 405 Å². The van der Waals surface area contributed by atoms with Gasteiger partial charge in [0.1, 0.15) is 30.1 Å². The van der Waals surface area contributed by atoms with Gasteiger partial charge >= 0.3 is 11.8 Å². The smallest absolute Gasteiger partial charge is 0.329 e. The lowest BCUT2D eigenvalue weighted by atomic mass is 9.78. The zero-order valence-corrected chi connectivity index (χ0v) is 42.4. The molecule has 2 saturated heterocycles. The predicted molar refractivity (Wildman–Crippen MR) is 256 cm³/mol. The SMILES string of the molecule is CO[C@H]1C[C@@H]2CC[C@@H](C)C(=O)[C@@](O)(O2)C(=O)N2CCCC[C@H]2C(=O)O[C@H]([C@H](C)C[C@@H]2CC[C@@H](OCCO)[C@H](OC)C2)CC(=O)[C@H](C)C=C(C)[C@@H](O)[C@@H](OC)C(=O)[C@H](C)C[C@H](C)C=CC=CC=C1C. The molecule has 0 aromatic rings. The van der Waals surface area contributed by atoms with Crippen molar-refractivity contribution in [2.24, 2.45) is 35.5 Å². The Morgan fingerprint density at radius 2 is 1.57 bits per heavy atom. The summed E-state index contributed by atoms with van der Waals surface area (Å²) in [7, 11) is 4.57. The van der Waals surface area contributed by atoms with E-state index >= 15 is 0 Å². The van der Waals surface area contributed by atoms with Crippen molar-refractivity contribution in [2.75, 3.05) is 41.1 Å². The van der Waals surface area contributed by atoms with Gasteiger partial charge in [0.25, 0.3) is 5.91 Å². The number of Topliss-reactive ketones (excluding diaryl/α,β-unsaturated/α-hetero) is 3. The molecule has 0 aromatic heterocycles. The van der Waals surface area contributed by atoms with Gasteiger partial charge in [-0.3, -0.25) is 19.2 Å². The fraction of sp³-hybridized carbons (Fsp3) is 0.755. The second-order valence-corrected chi connectivity index (χ2v) is 20.1. The highest BCUT2D eigenvalue weighted by molar-refractivity contribution is 6.09. The van der Waals surface area contributed by atoms with E-state index in [1.807, 2.05) is 58.1 Å². The summed E-state index contributed by atoms with van der Waals surface area (Å²) in [6, 6.07) is -1.16. The number of nitrogens with zero attached hydrogens (tertiary/aromatic N) is 1. The fourth-order valence-corrected chi connectivity index (χ4v) is 10.5. The summed E-state index contributed by atoms with van der Waals surface area (Å²) in [5, 5.41) is 33.0. The molecular formula is C53H83NO14. The first-order valence-corrected chi connectivity index (χ1v) is 25.0. The first kappa shape index (κ1) is 57.2. The molecule has 1 amide bonds. The summed E-state index contributed by atoms with van der Waals surface area (Å²) < 4.78 is 35.7. The van der Waals surface area contributed by atoms with Gasteiger partial charge in [-0.05, 0) is 107 Å². The maximum absolute atomic E-state index is 14.7. The van der Waals surface area contributed by atoms with Crippen LogP contribution in [0.15, 0.2) is 47.6 Å². The van der Waals surface area contributed by atoms with Gasteiger partial charge in [-0.15, -0.1) is 0 Å². The topological polar surface area (TPSA) is 205 Å². The van der Waals surface area contributed by atoms with Crippen molar-refractivity contribution in [2.45, 2.75) is 180 Å². The quantitative estimate of drug-likeness (QED) is 0.134. The van der Waals surface area contributed by atoms with Crippen molar-refractivity contribution >= 4 is 29.2 Å². The van der Waals surface area contributed by atoms with Crippen LogP contribution in [0.2, 0.25) is 0 Å². The number of hydrogen-bond donors (Lipinski definition) is 3. The lowest BCUT2D eigenvalue weighted by Crippen LogP contribution is -2.62. The Balaban J connectivity index is 1.73. The van der Waals surface area contributed by atoms with Crippen LogP contribution >= 0.6 is 0 Å². The minimum absolute atomic E-state index is 0.0112. The number of fused-ring (bicyclic) bond motifs is 3. The summed E-state index contributed by atoms with van der Waals surface area (Å²) in [4.78, 5) is 72.5. The average molecular weight is 958 g/mol. The number of hydrogen-bond acceptors (Lipinski definition) is 14. The van der Waals surface area contributed by atoms with Crippen LogP contribution in [0.5, 0.6) is 0 Å². The summed E-state index contributed by atoms with van der Waals surface area (Å²) in [5.41, 5.74) is 1.24. The van der Waals surface area contributed by atoms with Crippen LogP contribution in [0.25, 0.3) is 0 Å². The maximum atomic E-state index is 14.7. The van der Waals surface area contributed by atoms with Crippen molar-refractivity contribution in [1.82, 2.24) is 4.90 Å². The second-order valence-electron chi connectivity index (χ2n) is 20.1. The van der Waals surface area contributed by atoms with Crippen LogP contribution in [0.3, 0.4) is 0 Å². The monoisotopic (exact) mass is 958 g/mol. The molecule has 0 unspecified atom stereocenters. The molecule has 2 bridgehead atoms. The first-order valence-electron chi connectivity index (χ1n) is 25.0. The van der Waals surface area contributed by atoms with E-state index in [0.717, 1.165) is 12.0 Å². The van der Waals surface area contributed by atoms with Crippen molar-refractivity contribution in [3.63, 3.8) is 0 Å². The summed E-state index contributed by atoms with van der Waals surface area (Å²) in [6.45, 7) is 12.8. The molecule has 68 heavy (non-hydrogen) atoms. The number of esters is 1. The number of aliphatic hydroxyl groups excluding tert-OH is 2. The minimum Gasteiger partial charge on any atom is -0.460 e. The number of ketones is 3. The molecule has 1 saturated carbocycles. The van der Waals surface area contributed by atoms with E-state index in [-0.39, 0.29) is 80.5 Å². The molecule has 4 rings (SSSR count). The number of carbonyl (C=O) groups is 5. The van der Waals surface area contributed by atoms with Gasteiger partial charge < -0.3 is 48.6 Å². The van der Waals surface area contributed by atoms with Gasteiger partial charge in [0.15, 0.2) is 5.78 Å². The number of aliphatic hydroxyl groups is 3. The van der Waals surface area contributed by atoms with E-state index in [1.165, 1.54) is 12.0 Å². The molecule has 0 spiro atoms. The van der Waals surface area contributed by atoms with Gasteiger partial charge in [-0.25, -0.2) is 4.79 Å². The van der Waals surface area contributed by atoms with Crippen LogP contribution in [0.4, 0.5) is 0 Å². The summed E-state index contributed by atoms with van der Waals surface area (Å²) >= 11 is 0. The highest BCUT2D eigenvalue weighted by Gasteiger charge is 2.55. The molecule has 0 aromatic carbocycles. The number of piperidine rings is 1. The normalized spacial score (nSPS) is 36.7. The third-order valence-corrected chi connectivity index (χ3v) is 14.8. The second kappa shape index (κ2) is 27.3. The van der Waals surface area contributed by atoms with Crippen molar-refractivity contribution in [1.29, 1.82) is 0 Å². The first-order chi connectivity index (χ1) is 32.3. The predicted octanol–water partition coefficient (Wildman–Crippen LogP) is 6.20. The number of allylic oxidation sites excluding steroid dienone is 6. The van der Waals surface area contributed by atoms with Gasteiger partial charge in [0.05, 0.1) is 37.6 Å². The van der Waals surface area contributed by atoms with E-state index in [4.69, 9.17) is 28.4 Å². The highest BCUT2D eigenvalue weighted by atomic mass is 16.6. The molecule has 3 fully saturated rings. The maximum Gasteiger partial charge on any atom is 0.329 e. The van der Waals surface area contributed by atoms with E-state index in [0.29, 0.717) is 56.9 Å². The number of ether oxygens (including phenoxy) is 6. The lowest BCUT2D eigenvalue weighted by molar-refractivity contribution is -0.231. The molecule has 15 heteroatoms. The summed E-state index contributed by atoms with van der Waals surface area (Å²) in [6.07, 6.45) is 11.5. The molecule has 3 N–H and O–H groups in total. The zero-order chi connectivity index (χ0) is 50.3. The molecule has 3 heterocycles. The third kappa shape index (κ3) is 15.3. The Morgan fingerprint density at radius 1 is 0.838 bits per heavy atom. The van der Waals surface area contributed by atoms with E-state index in [2.05, 4.69) is 0 Å². The van der Waals surface area contributed by atoms with Gasteiger partial charge in [0.2, 0.25) is 5.78 Å². The van der Waals surface area contributed by atoms with E-state index in [9.17, 15) is 39.3 Å². The fourth-order valence-electron chi connectivity index (χ4n) is 10.5. The van der Waals surface area contributed by atoms with Gasteiger partial charge in [-0.1, -0.05) is 71.1 Å². The standard InChI is InChI=1S/C53H83NO14/c1-32-16-12-11-13-17-33(2)44(63-8)30-40-21-19-34(3)50(59)53(62,68-40)52(61)54-23-15-14-18-41(54)51(60)67-45(36(5)28-39-20-22-43(66-25-24-55)46(29-39)64-9)31-42(56)35(4)27-38(7)48(58)49(65-10)47(57)37(6)26-32/h11-13,16-17,27,32,34-37,39-41,43-46,48-49,55,58,62H,14-15,18-26,28-31H2,1-10H3/t32-,34-,35-,36-,37-,39+,40+,41+,43-,44+,45+,46-,48-,49+,53-/m1/s1. The number of rotatable bonds is 9. The molecule has 384 valence electrons. The van der Waals surface area contributed by atoms with E-state index in [1.54, 1.807) is 41.1 Å². The molecule has 4 aliphatic rings. The Bertz CT molecular complexity index is 1810. The zero-order valence-electron chi connectivity index (χ0n) is 42.4. The van der Waals surface area contributed by atoms with Gasteiger partial charge in [-0.2, -0.15) is 0 Å². The van der Waals surface area contributed by atoms with Crippen molar-refractivity contribution in [3.05, 3.63) is 47.6 Å². The highest BCUT2D eigenvalue weighted by Crippen LogP contribution is 2.37. The molecule has 3 aliphatic heterocycles. The third-order valence-electron chi connectivity index (χ3n) is 14.8. The number of carbonyl (C=O) groups excluding carboxylic acids is 5. The van der Waals surface area contributed by atoms with Crippen LogP contribution in [-0.4, -0.2) is 145 Å². The van der Waals surface area contributed by atoms with Crippen LogP contribution in [0, 0.1) is 35.5 Å². The molecular weight excluding hydrogens is 875 g/mol.